The molecule has 0 atom stereocenters. The second kappa shape index (κ2) is 11.0. The molecule has 2 aromatic carbocycles. The normalized spacial score (nSPS) is 14.5. The van der Waals surface area contributed by atoms with Crippen LogP contribution in [0.4, 0.5) is 16.5 Å². The van der Waals surface area contributed by atoms with Gasteiger partial charge in [0.25, 0.3) is 5.91 Å². The number of carbonyl (C=O) groups excluding carboxylic acids is 1. The van der Waals surface area contributed by atoms with Crippen molar-refractivity contribution in [1.82, 2.24) is 24.8 Å². The van der Waals surface area contributed by atoms with Crippen LogP contribution >= 0.6 is 11.3 Å². The lowest BCUT2D eigenvalue weighted by Crippen LogP contribution is -2.43. The van der Waals surface area contributed by atoms with E-state index in [9.17, 15) is 4.79 Å². The van der Waals surface area contributed by atoms with E-state index in [0.29, 0.717) is 5.56 Å². The number of H-pyrrole nitrogens is 1. The Bertz CT molecular complexity index is 1600. The Labute approximate surface area is 231 Å². The molecule has 1 aliphatic rings. The van der Waals surface area contributed by atoms with E-state index >= 15 is 0 Å². The zero-order valence-electron chi connectivity index (χ0n) is 22.1. The highest BCUT2D eigenvalue weighted by molar-refractivity contribution is 7.14. The Balaban J connectivity index is 1.10. The quantitative estimate of drug-likeness (QED) is 0.245. The highest BCUT2D eigenvalue weighted by atomic mass is 32.1. The third kappa shape index (κ3) is 5.85. The minimum atomic E-state index is -0.125. The van der Waals surface area contributed by atoms with Crippen molar-refractivity contribution in [2.75, 3.05) is 43.9 Å². The average molecular weight is 538 g/mol. The first-order valence-corrected chi connectivity index (χ1v) is 14.0. The maximum atomic E-state index is 13.0. The van der Waals surface area contributed by atoms with Gasteiger partial charge in [-0.25, -0.2) is 9.97 Å². The minimum absolute atomic E-state index is 0.125. The summed E-state index contributed by atoms with van der Waals surface area (Å²) in [5.74, 6) is -0.125. The number of pyridine rings is 1. The first kappa shape index (κ1) is 25.2. The van der Waals surface area contributed by atoms with Crippen LogP contribution < -0.4 is 10.6 Å². The molecule has 4 heterocycles. The molecule has 8 nitrogen and oxygen atoms in total. The molecule has 3 aromatic heterocycles. The number of likely N-dealkylation sites (N-methyl/N-ethyl adjacent to an activating group) is 1. The van der Waals surface area contributed by atoms with Gasteiger partial charge in [-0.1, -0.05) is 18.2 Å². The highest BCUT2D eigenvalue weighted by Gasteiger charge is 2.15. The fourth-order valence-electron chi connectivity index (χ4n) is 4.72. The van der Waals surface area contributed by atoms with Gasteiger partial charge in [0, 0.05) is 78.4 Å². The molecule has 0 spiro atoms. The number of fused-ring (bicyclic) bond motifs is 1. The van der Waals surface area contributed by atoms with Gasteiger partial charge in [-0.15, -0.1) is 11.3 Å². The van der Waals surface area contributed by atoms with E-state index in [-0.39, 0.29) is 5.91 Å². The monoisotopic (exact) mass is 537 g/mol. The fraction of sp³-hybridized carbons (Fsp3) is 0.233. The molecule has 1 fully saturated rings. The first-order valence-electron chi connectivity index (χ1n) is 13.1. The number of nitrogens with one attached hydrogen (secondary N) is 3. The number of carbonyl (C=O) groups is 1. The number of benzene rings is 2. The largest absolute Gasteiger partial charge is 0.346 e. The summed E-state index contributed by atoms with van der Waals surface area (Å²) < 4.78 is 0. The van der Waals surface area contributed by atoms with Crippen LogP contribution in [-0.2, 0) is 6.54 Å². The molecular formula is C30H31N7OS. The van der Waals surface area contributed by atoms with Gasteiger partial charge >= 0.3 is 0 Å². The lowest BCUT2D eigenvalue weighted by Gasteiger charge is -2.32. The zero-order valence-corrected chi connectivity index (χ0v) is 22.9. The summed E-state index contributed by atoms with van der Waals surface area (Å²) in [5.41, 5.74) is 7.27. The lowest BCUT2D eigenvalue weighted by molar-refractivity contribution is 0.102. The summed E-state index contributed by atoms with van der Waals surface area (Å²) in [7, 11) is 2.16. The number of amides is 1. The molecule has 0 radical (unpaired) electrons. The SMILES string of the molecule is Cc1ccc(NC(=O)c2ccc(CN3CCN(C)CC3)cc2)cc1Nc1nc(-c2cnc3[nH]ccc3c2)cs1. The molecule has 6 rings (SSSR count). The second-order valence-electron chi connectivity index (χ2n) is 10.1. The van der Waals surface area contributed by atoms with Gasteiger partial charge in [0.2, 0.25) is 0 Å². The molecule has 0 unspecified atom stereocenters. The van der Waals surface area contributed by atoms with Crippen LogP contribution in [0.2, 0.25) is 0 Å². The number of anilines is 3. The predicted octanol–water partition coefficient (Wildman–Crippen LogP) is 5.74. The number of rotatable bonds is 7. The van der Waals surface area contributed by atoms with E-state index < -0.39 is 0 Å². The van der Waals surface area contributed by atoms with Crippen molar-refractivity contribution in [3.05, 3.63) is 89.1 Å². The van der Waals surface area contributed by atoms with E-state index in [1.54, 1.807) is 0 Å². The highest BCUT2D eigenvalue weighted by Crippen LogP contribution is 2.30. The predicted molar refractivity (Wildman–Crippen MR) is 159 cm³/mol. The number of piperazine rings is 1. The van der Waals surface area contributed by atoms with Crippen molar-refractivity contribution < 1.29 is 4.79 Å². The summed E-state index contributed by atoms with van der Waals surface area (Å²) in [4.78, 5) is 30.1. The summed E-state index contributed by atoms with van der Waals surface area (Å²) in [6.07, 6.45) is 3.71. The van der Waals surface area contributed by atoms with Crippen molar-refractivity contribution in [3.8, 4) is 11.3 Å². The third-order valence-electron chi connectivity index (χ3n) is 7.16. The Kier molecular flexibility index (Phi) is 7.10. The summed E-state index contributed by atoms with van der Waals surface area (Å²) in [5, 5.41) is 10.3. The van der Waals surface area contributed by atoms with Crippen LogP contribution in [0.3, 0.4) is 0 Å². The Morgan fingerprint density at radius 2 is 1.87 bits per heavy atom. The number of hydrogen-bond donors (Lipinski definition) is 3. The van der Waals surface area contributed by atoms with Crippen LogP contribution in [0.1, 0.15) is 21.5 Å². The first-order chi connectivity index (χ1) is 19.0. The molecule has 9 heteroatoms. The third-order valence-corrected chi connectivity index (χ3v) is 7.91. The van der Waals surface area contributed by atoms with Crippen molar-refractivity contribution in [2.45, 2.75) is 13.5 Å². The maximum Gasteiger partial charge on any atom is 0.255 e. The van der Waals surface area contributed by atoms with Gasteiger partial charge < -0.3 is 20.5 Å². The number of hydrogen-bond acceptors (Lipinski definition) is 7. The summed E-state index contributed by atoms with van der Waals surface area (Å²) >= 11 is 1.53. The van der Waals surface area contributed by atoms with Gasteiger partial charge in [0.1, 0.15) is 5.65 Å². The fourth-order valence-corrected chi connectivity index (χ4v) is 5.45. The van der Waals surface area contributed by atoms with E-state index in [0.717, 1.165) is 77.1 Å². The Morgan fingerprint density at radius 1 is 1.05 bits per heavy atom. The van der Waals surface area contributed by atoms with Gasteiger partial charge in [-0.3, -0.25) is 9.69 Å². The number of aryl methyl sites for hydroxylation is 1. The van der Waals surface area contributed by atoms with Gasteiger partial charge in [0.05, 0.1) is 5.69 Å². The van der Waals surface area contributed by atoms with Crippen LogP contribution in [0.15, 0.2) is 72.4 Å². The molecule has 0 saturated carbocycles. The van der Waals surface area contributed by atoms with Crippen LogP contribution in [0.25, 0.3) is 22.3 Å². The van der Waals surface area contributed by atoms with E-state index in [1.165, 1.54) is 16.9 Å². The molecular weight excluding hydrogens is 506 g/mol. The van der Waals surface area contributed by atoms with Crippen molar-refractivity contribution in [2.24, 2.45) is 0 Å². The van der Waals surface area contributed by atoms with Gasteiger partial charge in [0.15, 0.2) is 5.13 Å². The molecule has 0 bridgehead atoms. The smallest absolute Gasteiger partial charge is 0.255 e. The lowest BCUT2D eigenvalue weighted by atomic mass is 10.1. The maximum absolute atomic E-state index is 13.0. The van der Waals surface area contributed by atoms with Crippen molar-refractivity contribution in [1.29, 1.82) is 0 Å². The van der Waals surface area contributed by atoms with E-state index in [4.69, 9.17) is 4.98 Å². The summed E-state index contributed by atoms with van der Waals surface area (Å²) in [6.45, 7) is 7.29. The van der Waals surface area contributed by atoms with E-state index in [2.05, 4.69) is 55.6 Å². The van der Waals surface area contributed by atoms with Crippen molar-refractivity contribution in [3.63, 3.8) is 0 Å². The number of aromatic nitrogens is 3. The van der Waals surface area contributed by atoms with Crippen LogP contribution in [0.5, 0.6) is 0 Å². The van der Waals surface area contributed by atoms with Crippen molar-refractivity contribution >= 4 is 44.8 Å². The topological polar surface area (TPSA) is 89.2 Å². The molecule has 198 valence electrons. The zero-order chi connectivity index (χ0) is 26.8. The Morgan fingerprint density at radius 3 is 2.69 bits per heavy atom. The van der Waals surface area contributed by atoms with Gasteiger partial charge in [-0.05, 0) is 61.5 Å². The molecule has 39 heavy (non-hydrogen) atoms. The standard InChI is InChI=1S/C30H31N7OS/c1-20-3-8-25(33-29(38)22-6-4-21(5-7-22)18-37-13-11-36(2)12-14-37)16-26(20)34-30-35-27(19-39-30)24-15-23-9-10-31-28(23)32-17-24/h3-10,15-17,19H,11-14,18H2,1-2H3,(H,31,32)(H,33,38)(H,34,35). The molecule has 5 aromatic rings. The van der Waals surface area contributed by atoms with Gasteiger partial charge in [-0.2, -0.15) is 0 Å². The van der Waals surface area contributed by atoms with E-state index in [1.807, 2.05) is 61.1 Å². The molecule has 1 saturated heterocycles. The van der Waals surface area contributed by atoms with Crippen LogP contribution in [-0.4, -0.2) is 63.9 Å². The Hall–Kier alpha value is -4.05. The second-order valence-corrected chi connectivity index (χ2v) is 10.9. The molecule has 1 aliphatic heterocycles. The number of aromatic amines is 1. The number of thiazole rings is 1. The minimum Gasteiger partial charge on any atom is -0.346 e. The number of nitrogens with zero attached hydrogens (tertiary/aromatic N) is 4. The molecule has 1 amide bonds. The molecule has 0 aliphatic carbocycles. The average Bonchev–Trinajstić information content (AvgIpc) is 3.61. The summed E-state index contributed by atoms with van der Waals surface area (Å²) in [6, 6.07) is 17.9. The molecule has 3 N–H and O–H groups in total. The van der Waals surface area contributed by atoms with Crippen LogP contribution in [0, 0.1) is 6.92 Å².